The van der Waals surface area contributed by atoms with E-state index in [0.717, 1.165) is 6.42 Å². The number of rotatable bonds is 4. The first kappa shape index (κ1) is 13.9. The van der Waals surface area contributed by atoms with Gasteiger partial charge in [0.15, 0.2) is 11.4 Å². The minimum absolute atomic E-state index is 0.0491. The Morgan fingerprint density at radius 1 is 1.48 bits per heavy atom. The summed E-state index contributed by atoms with van der Waals surface area (Å²) in [6.45, 7) is 0. The molecule has 0 saturated heterocycles. The summed E-state index contributed by atoms with van der Waals surface area (Å²) in [4.78, 5) is 11.5. The molecule has 1 N–H and O–H groups in total. The van der Waals surface area contributed by atoms with Gasteiger partial charge in [0.05, 0.1) is 0 Å². The molecule has 0 amide bonds. The molecule has 0 bridgehead atoms. The normalized spacial score (nSPS) is 16.5. The van der Waals surface area contributed by atoms with Gasteiger partial charge in [-0.1, -0.05) is 17.7 Å². The van der Waals surface area contributed by atoms with E-state index in [4.69, 9.17) is 11.6 Å². The molecular formula is C13H12ClFN4O2. The Kier molecular flexibility index (Phi) is 3.36. The van der Waals surface area contributed by atoms with Crippen LogP contribution in [0, 0.1) is 5.82 Å². The molecule has 0 aliphatic heterocycles. The van der Waals surface area contributed by atoms with Gasteiger partial charge in [-0.2, -0.15) is 0 Å². The first-order valence-corrected chi connectivity index (χ1v) is 6.86. The molecule has 0 atom stereocenters. The van der Waals surface area contributed by atoms with Crippen LogP contribution in [0.5, 0.6) is 0 Å². The Hall–Kier alpha value is -2.02. The molecule has 3 rings (SSSR count). The Bertz CT molecular complexity index is 679. The maximum absolute atomic E-state index is 13.8. The Morgan fingerprint density at radius 2 is 2.24 bits per heavy atom. The number of hydrogen-bond acceptors (Lipinski definition) is 4. The van der Waals surface area contributed by atoms with Gasteiger partial charge in [-0.05, 0) is 41.8 Å². The number of halogens is 2. The van der Waals surface area contributed by atoms with Crippen molar-refractivity contribution in [2.45, 2.75) is 31.2 Å². The Balaban J connectivity index is 1.99. The van der Waals surface area contributed by atoms with Crippen molar-refractivity contribution >= 4 is 17.6 Å². The minimum Gasteiger partial charge on any atom is -0.479 e. The zero-order valence-corrected chi connectivity index (χ0v) is 11.7. The van der Waals surface area contributed by atoms with Crippen LogP contribution in [0.4, 0.5) is 4.39 Å². The second-order valence-corrected chi connectivity index (χ2v) is 5.48. The highest BCUT2D eigenvalue weighted by molar-refractivity contribution is 6.31. The fourth-order valence-corrected chi connectivity index (χ4v) is 2.77. The highest BCUT2D eigenvalue weighted by Crippen LogP contribution is 2.39. The summed E-state index contributed by atoms with van der Waals surface area (Å²) in [5.74, 6) is -1.14. The van der Waals surface area contributed by atoms with Gasteiger partial charge >= 0.3 is 5.97 Å². The predicted octanol–water partition coefficient (Wildman–Crippen LogP) is 2.02. The minimum atomic E-state index is -1.11. The summed E-state index contributed by atoms with van der Waals surface area (Å²) < 4.78 is 15.1. The lowest BCUT2D eigenvalue weighted by atomic mass is 9.77. The summed E-state index contributed by atoms with van der Waals surface area (Å²) in [5.41, 5.74) is -0.855. The first-order valence-electron chi connectivity index (χ1n) is 6.48. The second kappa shape index (κ2) is 5.07. The molecule has 21 heavy (non-hydrogen) atoms. The van der Waals surface area contributed by atoms with Crippen LogP contribution in [0.15, 0.2) is 18.2 Å². The van der Waals surface area contributed by atoms with Gasteiger partial charge in [0.2, 0.25) is 0 Å². The first-order chi connectivity index (χ1) is 10.0. The van der Waals surface area contributed by atoms with E-state index in [-0.39, 0.29) is 17.0 Å². The van der Waals surface area contributed by atoms with Gasteiger partial charge in [0, 0.05) is 17.0 Å². The molecule has 0 unspecified atom stereocenters. The van der Waals surface area contributed by atoms with E-state index in [1.807, 2.05) is 0 Å². The summed E-state index contributed by atoms with van der Waals surface area (Å²) in [5, 5.41) is 20.9. The quantitative estimate of drug-likeness (QED) is 0.934. The fraction of sp³-hybridized carbons (Fsp3) is 0.385. The maximum atomic E-state index is 13.8. The molecule has 1 heterocycles. The smallest absolute Gasteiger partial charge is 0.331 e. The van der Waals surface area contributed by atoms with Crippen LogP contribution < -0.4 is 0 Å². The number of hydrogen-bond donors (Lipinski definition) is 1. The summed E-state index contributed by atoms with van der Waals surface area (Å²) in [6, 6.07) is 4.38. The van der Waals surface area contributed by atoms with E-state index in [0.29, 0.717) is 18.7 Å². The van der Waals surface area contributed by atoms with Gasteiger partial charge in [-0.15, -0.1) is 5.10 Å². The van der Waals surface area contributed by atoms with Crippen molar-refractivity contribution in [3.05, 3.63) is 40.4 Å². The van der Waals surface area contributed by atoms with Crippen LogP contribution >= 0.6 is 11.6 Å². The zero-order valence-electron chi connectivity index (χ0n) is 11.0. The Labute approximate surface area is 124 Å². The predicted molar refractivity (Wildman–Crippen MR) is 71.5 cm³/mol. The molecule has 6 nitrogen and oxygen atoms in total. The maximum Gasteiger partial charge on any atom is 0.331 e. The van der Waals surface area contributed by atoms with Crippen molar-refractivity contribution in [2.24, 2.45) is 0 Å². The van der Waals surface area contributed by atoms with E-state index >= 15 is 0 Å². The van der Waals surface area contributed by atoms with Crippen molar-refractivity contribution in [1.82, 2.24) is 20.2 Å². The second-order valence-electron chi connectivity index (χ2n) is 5.07. The van der Waals surface area contributed by atoms with Gasteiger partial charge in [0.1, 0.15) is 5.82 Å². The van der Waals surface area contributed by atoms with Gasteiger partial charge < -0.3 is 5.11 Å². The van der Waals surface area contributed by atoms with E-state index in [9.17, 15) is 14.3 Å². The number of carbonyl (C=O) groups is 1. The van der Waals surface area contributed by atoms with Crippen molar-refractivity contribution in [1.29, 1.82) is 0 Å². The third kappa shape index (κ3) is 2.17. The van der Waals surface area contributed by atoms with Crippen LogP contribution in [-0.4, -0.2) is 31.3 Å². The molecule has 1 aromatic carbocycles. The number of aliphatic carboxylic acids is 1. The largest absolute Gasteiger partial charge is 0.479 e. The molecule has 0 spiro atoms. The lowest BCUT2D eigenvalue weighted by molar-refractivity contribution is -0.153. The number of carboxylic acids is 1. The summed E-state index contributed by atoms with van der Waals surface area (Å²) >= 11 is 5.99. The van der Waals surface area contributed by atoms with Crippen molar-refractivity contribution in [2.75, 3.05) is 0 Å². The number of aromatic nitrogens is 4. The molecule has 1 aliphatic rings. The van der Waals surface area contributed by atoms with Crippen LogP contribution in [0.3, 0.4) is 0 Å². The molecule has 1 aliphatic carbocycles. The van der Waals surface area contributed by atoms with E-state index in [1.54, 1.807) is 6.07 Å². The molecule has 110 valence electrons. The Morgan fingerprint density at radius 3 is 2.81 bits per heavy atom. The molecule has 2 aromatic rings. The van der Waals surface area contributed by atoms with E-state index in [2.05, 4.69) is 15.5 Å². The number of nitrogens with zero attached hydrogens (tertiary/aromatic N) is 4. The average molecular weight is 311 g/mol. The van der Waals surface area contributed by atoms with Crippen LogP contribution in [0.25, 0.3) is 0 Å². The molecule has 8 heteroatoms. The molecule has 0 radical (unpaired) electrons. The SMILES string of the molecule is O=C(O)C1(n2nnnc2Cc2c(F)cccc2Cl)CCC1. The molecule has 1 fully saturated rings. The zero-order chi connectivity index (χ0) is 15.0. The monoisotopic (exact) mass is 310 g/mol. The van der Waals surface area contributed by atoms with Crippen molar-refractivity contribution < 1.29 is 14.3 Å². The van der Waals surface area contributed by atoms with Crippen LogP contribution in [0.2, 0.25) is 5.02 Å². The summed E-state index contributed by atoms with van der Waals surface area (Å²) in [6.07, 6.45) is 1.77. The van der Waals surface area contributed by atoms with Crippen molar-refractivity contribution in [3.63, 3.8) is 0 Å². The standard InChI is InChI=1S/C13H12ClFN4O2/c14-9-3-1-4-10(15)8(9)7-11-16-17-18-19(11)13(12(20)21)5-2-6-13/h1,3-4H,2,5-7H2,(H,20,21). The highest BCUT2D eigenvalue weighted by Gasteiger charge is 2.48. The van der Waals surface area contributed by atoms with Gasteiger partial charge in [-0.3, -0.25) is 0 Å². The van der Waals surface area contributed by atoms with Crippen LogP contribution in [-0.2, 0) is 16.8 Å². The van der Waals surface area contributed by atoms with Gasteiger partial charge in [-0.25, -0.2) is 13.9 Å². The molecular weight excluding hydrogens is 299 g/mol. The topological polar surface area (TPSA) is 80.9 Å². The number of carboxylic acid groups (broad SMARTS) is 1. The van der Waals surface area contributed by atoms with Gasteiger partial charge in [0.25, 0.3) is 0 Å². The average Bonchev–Trinajstić information content (AvgIpc) is 2.81. The molecule has 1 aromatic heterocycles. The van der Waals surface area contributed by atoms with E-state index < -0.39 is 17.3 Å². The lowest BCUT2D eigenvalue weighted by Crippen LogP contribution is -2.49. The number of benzene rings is 1. The number of tetrazole rings is 1. The third-order valence-electron chi connectivity index (χ3n) is 3.91. The van der Waals surface area contributed by atoms with E-state index in [1.165, 1.54) is 16.8 Å². The van der Waals surface area contributed by atoms with Crippen molar-refractivity contribution in [3.8, 4) is 0 Å². The lowest BCUT2D eigenvalue weighted by Gasteiger charge is -2.37. The summed E-state index contributed by atoms with van der Waals surface area (Å²) in [7, 11) is 0. The molecule has 1 saturated carbocycles. The fourth-order valence-electron chi connectivity index (χ4n) is 2.54. The third-order valence-corrected chi connectivity index (χ3v) is 4.27. The van der Waals surface area contributed by atoms with Crippen LogP contribution in [0.1, 0.15) is 30.7 Å². The highest BCUT2D eigenvalue weighted by atomic mass is 35.5.